The molecule has 11 heavy (non-hydrogen) atoms. The van der Waals surface area contributed by atoms with E-state index in [0.717, 1.165) is 0 Å². The van der Waals surface area contributed by atoms with E-state index in [9.17, 15) is 4.79 Å². The Morgan fingerprint density at radius 1 is 1.82 bits per heavy atom. The van der Waals surface area contributed by atoms with Gasteiger partial charge < -0.3 is 14.9 Å². The first-order chi connectivity index (χ1) is 5.13. The first kappa shape index (κ1) is 10.1. The molecule has 1 unspecified atom stereocenters. The molecule has 0 aromatic heterocycles. The summed E-state index contributed by atoms with van der Waals surface area (Å²) in [4.78, 5) is 10.5. The maximum atomic E-state index is 10.5. The van der Waals surface area contributed by atoms with Crippen LogP contribution in [0.15, 0.2) is 12.7 Å². The lowest BCUT2D eigenvalue weighted by atomic mass is 10.0. The Hall–Kier alpha value is -0.870. The van der Waals surface area contributed by atoms with E-state index in [2.05, 4.69) is 11.3 Å². The van der Waals surface area contributed by atoms with Gasteiger partial charge in [0.05, 0.1) is 6.61 Å². The third-order valence-corrected chi connectivity index (χ3v) is 1.51. The maximum Gasteiger partial charge on any atom is 0.338 e. The van der Waals surface area contributed by atoms with Gasteiger partial charge in [-0.05, 0) is 0 Å². The number of carboxylic acid groups (broad SMARTS) is 1. The monoisotopic (exact) mass is 160 g/mol. The van der Waals surface area contributed by atoms with Gasteiger partial charge in [0.1, 0.15) is 0 Å². The molecule has 4 heteroatoms. The van der Waals surface area contributed by atoms with Crippen molar-refractivity contribution in [1.82, 2.24) is 0 Å². The number of aliphatic carboxylic acids is 1. The Morgan fingerprint density at radius 3 is 2.45 bits per heavy atom. The summed E-state index contributed by atoms with van der Waals surface area (Å²) in [6, 6.07) is 0. The Kier molecular flexibility index (Phi) is 3.78. The van der Waals surface area contributed by atoms with Gasteiger partial charge in [0.15, 0.2) is 5.60 Å². The summed E-state index contributed by atoms with van der Waals surface area (Å²) >= 11 is 0. The maximum absolute atomic E-state index is 10.5. The Bertz CT molecular complexity index is 149. The second kappa shape index (κ2) is 4.10. The predicted molar refractivity (Wildman–Crippen MR) is 39.3 cm³/mol. The standard InChI is InChI=1S/C7H12O4/c1-3-4-7(5-8,11-2)6(9)10/h3,8H,1,4-5H2,2H3,(H,9,10). The quantitative estimate of drug-likeness (QED) is 0.556. The highest BCUT2D eigenvalue weighted by molar-refractivity contribution is 5.77. The molecule has 0 bridgehead atoms. The van der Waals surface area contributed by atoms with Crippen LogP contribution in [0, 0.1) is 0 Å². The van der Waals surface area contributed by atoms with Crippen LogP contribution in [0.1, 0.15) is 6.42 Å². The highest BCUT2D eigenvalue weighted by atomic mass is 16.5. The summed E-state index contributed by atoms with van der Waals surface area (Å²) < 4.78 is 4.67. The van der Waals surface area contributed by atoms with Crippen molar-refractivity contribution in [3.05, 3.63) is 12.7 Å². The number of methoxy groups -OCH3 is 1. The van der Waals surface area contributed by atoms with Gasteiger partial charge in [-0.3, -0.25) is 0 Å². The van der Waals surface area contributed by atoms with Crippen LogP contribution in [-0.2, 0) is 9.53 Å². The molecule has 0 saturated heterocycles. The van der Waals surface area contributed by atoms with E-state index in [1.54, 1.807) is 0 Å². The van der Waals surface area contributed by atoms with Gasteiger partial charge in [-0.2, -0.15) is 0 Å². The van der Waals surface area contributed by atoms with E-state index in [-0.39, 0.29) is 6.42 Å². The molecule has 0 aliphatic heterocycles. The van der Waals surface area contributed by atoms with Gasteiger partial charge in [-0.25, -0.2) is 4.79 Å². The summed E-state index contributed by atoms with van der Waals surface area (Å²) in [6.45, 7) is 2.82. The van der Waals surface area contributed by atoms with E-state index in [4.69, 9.17) is 10.2 Å². The molecule has 0 aromatic carbocycles. The van der Waals surface area contributed by atoms with E-state index in [0.29, 0.717) is 0 Å². The van der Waals surface area contributed by atoms with E-state index < -0.39 is 18.2 Å². The average molecular weight is 160 g/mol. The molecule has 1 atom stereocenters. The molecule has 0 rings (SSSR count). The smallest absolute Gasteiger partial charge is 0.338 e. The van der Waals surface area contributed by atoms with E-state index in [1.165, 1.54) is 13.2 Å². The number of hydrogen-bond acceptors (Lipinski definition) is 3. The van der Waals surface area contributed by atoms with E-state index >= 15 is 0 Å². The lowest BCUT2D eigenvalue weighted by molar-refractivity contribution is -0.166. The summed E-state index contributed by atoms with van der Waals surface area (Å²) in [6.07, 6.45) is 1.49. The summed E-state index contributed by atoms with van der Waals surface area (Å²) in [5.41, 5.74) is -1.51. The van der Waals surface area contributed by atoms with E-state index in [1.807, 2.05) is 0 Å². The number of carbonyl (C=O) groups is 1. The minimum absolute atomic E-state index is 0.0926. The molecule has 64 valence electrons. The Labute approximate surface area is 65.1 Å². The summed E-state index contributed by atoms with van der Waals surface area (Å²) in [5.74, 6) is -1.18. The zero-order valence-electron chi connectivity index (χ0n) is 6.41. The topological polar surface area (TPSA) is 66.8 Å². The third-order valence-electron chi connectivity index (χ3n) is 1.51. The molecule has 2 N–H and O–H groups in total. The first-order valence-electron chi connectivity index (χ1n) is 3.13. The van der Waals surface area contributed by atoms with Gasteiger partial charge in [0.2, 0.25) is 0 Å². The van der Waals surface area contributed by atoms with Crippen molar-refractivity contribution in [2.45, 2.75) is 12.0 Å². The van der Waals surface area contributed by atoms with Crippen LogP contribution in [0.2, 0.25) is 0 Å². The molecule has 0 aliphatic carbocycles. The van der Waals surface area contributed by atoms with Gasteiger partial charge in [-0.15, -0.1) is 6.58 Å². The van der Waals surface area contributed by atoms with Gasteiger partial charge >= 0.3 is 5.97 Å². The number of aliphatic hydroxyl groups is 1. The molecular weight excluding hydrogens is 148 g/mol. The molecule has 0 aliphatic rings. The van der Waals surface area contributed by atoms with Crippen molar-refractivity contribution in [2.24, 2.45) is 0 Å². The molecule has 0 fully saturated rings. The number of hydrogen-bond donors (Lipinski definition) is 2. The van der Waals surface area contributed by atoms with Crippen molar-refractivity contribution in [3.63, 3.8) is 0 Å². The van der Waals surface area contributed by atoms with Crippen LogP contribution >= 0.6 is 0 Å². The minimum Gasteiger partial charge on any atom is -0.479 e. The van der Waals surface area contributed by atoms with Crippen LogP contribution in [0.3, 0.4) is 0 Å². The molecular formula is C7H12O4. The van der Waals surface area contributed by atoms with Gasteiger partial charge in [-0.1, -0.05) is 6.08 Å². The second-order valence-electron chi connectivity index (χ2n) is 2.15. The summed E-state index contributed by atoms with van der Waals surface area (Å²) in [5, 5.41) is 17.3. The zero-order chi connectivity index (χ0) is 8.91. The van der Waals surface area contributed by atoms with Crippen LogP contribution < -0.4 is 0 Å². The van der Waals surface area contributed by atoms with Crippen molar-refractivity contribution in [3.8, 4) is 0 Å². The van der Waals surface area contributed by atoms with Crippen LogP contribution in [0.5, 0.6) is 0 Å². The van der Waals surface area contributed by atoms with Gasteiger partial charge in [0.25, 0.3) is 0 Å². The molecule has 4 nitrogen and oxygen atoms in total. The Balaban J connectivity index is 4.45. The van der Waals surface area contributed by atoms with Crippen molar-refractivity contribution >= 4 is 5.97 Å². The number of carboxylic acids is 1. The van der Waals surface area contributed by atoms with Crippen LogP contribution in [-0.4, -0.2) is 35.5 Å². The zero-order valence-corrected chi connectivity index (χ0v) is 6.41. The minimum atomic E-state index is -1.51. The number of rotatable bonds is 5. The predicted octanol–water partition coefficient (Wildman–Crippen LogP) is 0.0246. The molecule has 0 radical (unpaired) electrons. The normalized spacial score (nSPS) is 15.5. The molecule has 0 amide bonds. The highest BCUT2D eigenvalue weighted by Crippen LogP contribution is 2.14. The molecule has 0 heterocycles. The van der Waals surface area contributed by atoms with Crippen LogP contribution in [0.25, 0.3) is 0 Å². The van der Waals surface area contributed by atoms with Gasteiger partial charge in [0, 0.05) is 13.5 Å². The second-order valence-corrected chi connectivity index (χ2v) is 2.15. The largest absolute Gasteiger partial charge is 0.479 e. The summed E-state index contributed by atoms with van der Waals surface area (Å²) in [7, 11) is 1.24. The van der Waals surface area contributed by atoms with Crippen LogP contribution in [0.4, 0.5) is 0 Å². The lowest BCUT2D eigenvalue weighted by Crippen LogP contribution is -2.43. The highest BCUT2D eigenvalue weighted by Gasteiger charge is 2.36. The molecule has 0 saturated carbocycles. The van der Waals surface area contributed by atoms with Crippen molar-refractivity contribution in [1.29, 1.82) is 0 Å². The number of ether oxygens (including phenoxy) is 1. The lowest BCUT2D eigenvalue weighted by Gasteiger charge is -2.23. The first-order valence-corrected chi connectivity index (χ1v) is 3.13. The van der Waals surface area contributed by atoms with Crippen molar-refractivity contribution < 1.29 is 19.7 Å². The fourth-order valence-corrected chi connectivity index (χ4v) is 0.688. The number of aliphatic hydroxyl groups excluding tert-OH is 1. The average Bonchev–Trinajstić information content (AvgIpc) is 2.00. The fraction of sp³-hybridized carbons (Fsp3) is 0.571. The molecule has 0 aromatic rings. The molecule has 0 spiro atoms. The SMILES string of the molecule is C=CCC(CO)(OC)C(=O)O. The Morgan fingerprint density at radius 2 is 2.36 bits per heavy atom. The van der Waals surface area contributed by atoms with Crippen molar-refractivity contribution in [2.75, 3.05) is 13.7 Å². The third kappa shape index (κ3) is 2.03. The fourth-order valence-electron chi connectivity index (χ4n) is 0.688.